The maximum Gasteiger partial charge on any atom is 0.293 e. The fourth-order valence-corrected chi connectivity index (χ4v) is 4.82. The van der Waals surface area contributed by atoms with Crippen molar-refractivity contribution >= 4 is 29.0 Å². The maximum atomic E-state index is 12.0. The third kappa shape index (κ3) is 3.97. The van der Waals surface area contributed by atoms with Gasteiger partial charge in [0, 0.05) is 12.6 Å². The lowest BCUT2D eigenvalue weighted by molar-refractivity contribution is -0.121. The summed E-state index contributed by atoms with van der Waals surface area (Å²) < 4.78 is 12.4. The number of ether oxygens (including phenoxy) is 2. The molecule has 0 spiro atoms. The molecule has 2 amide bonds. The van der Waals surface area contributed by atoms with Crippen LogP contribution < -0.4 is 9.47 Å². The van der Waals surface area contributed by atoms with Crippen LogP contribution in [0.3, 0.4) is 0 Å². The molecule has 4 rings (SSSR count). The van der Waals surface area contributed by atoms with Gasteiger partial charge in [-0.2, -0.15) is 0 Å². The Bertz CT molecular complexity index is 1140. The molecular weight excluding hydrogens is 426 g/mol. The van der Waals surface area contributed by atoms with E-state index in [4.69, 9.17) is 9.47 Å². The number of benzene rings is 2. The van der Waals surface area contributed by atoms with E-state index < -0.39 is 5.60 Å². The van der Waals surface area contributed by atoms with Crippen LogP contribution in [0, 0.1) is 20.8 Å². The van der Waals surface area contributed by atoms with Crippen molar-refractivity contribution in [3.8, 4) is 17.2 Å². The Balaban J connectivity index is 1.44. The highest BCUT2D eigenvalue weighted by Crippen LogP contribution is 2.43. The molecule has 6 nitrogen and oxygen atoms in total. The minimum absolute atomic E-state index is 0.265. The lowest BCUT2D eigenvalue weighted by Crippen LogP contribution is -2.42. The van der Waals surface area contributed by atoms with Crippen molar-refractivity contribution < 1.29 is 24.2 Å². The van der Waals surface area contributed by atoms with Crippen LogP contribution in [0.15, 0.2) is 29.2 Å². The zero-order valence-corrected chi connectivity index (χ0v) is 19.8. The summed E-state index contributed by atoms with van der Waals surface area (Å²) in [7, 11) is 1.48. The summed E-state index contributed by atoms with van der Waals surface area (Å²) >= 11 is 0.943. The number of carbonyl (C=O) groups excluding carboxylic acids is 2. The van der Waals surface area contributed by atoms with Crippen LogP contribution in [-0.4, -0.2) is 40.4 Å². The van der Waals surface area contributed by atoms with E-state index in [0.29, 0.717) is 23.0 Å². The quantitative estimate of drug-likeness (QED) is 0.646. The largest absolute Gasteiger partial charge is 0.507 e. The van der Waals surface area contributed by atoms with Gasteiger partial charge in [-0.1, -0.05) is 12.1 Å². The third-order valence-corrected chi connectivity index (χ3v) is 7.26. The molecule has 32 heavy (non-hydrogen) atoms. The highest BCUT2D eigenvalue weighted by atomic mass is 32.2. The first-order valence-electron chi connectivity index (χ1n) is 10.5. The first kappa shape index (κ1) is 22.3. The average molecular weight is 454 g/mol. The lowest BCUT2D eigenvalue weighted by Gasteiger charge is -2.37. The van der Waals surface area contributed by atoms with Gasteiger partial charge in [0.2, 0.25) is 0 Å². The third-order valence-electron chi connectivity index (χ3n) is 6.30. The standard InChI is InChI=1S/C25H27NO5S/c1-14-15(2)22-19(16(3)21(14)27)10-11-25(4,31-22)13-30-18-8-6-17(7-9-18)12-20-23(28)26(5)24(29)32-20/h6-9,12,27H,10-11,13H2,1-5H3/b20-12-. The summed E-state index contributed by atoms with van der Waals surface area (Å²) in [6.45, 7) is 8.25. The molecule has 0 aromatic heterocycles. The number of fused-ring (bicyclic) bond motifs is 1. The Kier molecular flexibility index (Phi) is 5.71. The van der Waals surface area contributed by atoms with Crippen molar-refractivity contribution in [1.82, 2.24) is 4.90 Å². The Morgan fingerprint density at radius 2 is 1.84 bits per heavy atom. The molecule has 7 heteroatoms. The summed E-state index contributed by atoms with van der Waals surface area (Å²) in [5, 5.41) is 10.1. The molecule has 0 radical (unpaired) electrons. The van der Waals surface area contributed by atoms with E-state index in [0.717, 1.165) is 63.1 Å². The number of phenolic OH excluding ortho intramolecular Hbond substituents is 1. The Morgan fingerprint density at radius 3 is 2.47 bits per heavy atom. The molecule has 0 aliphatic carbocycles. The number of carbonyl (C=O) groups is 2. The van der Waals surface area contributed by atoms with Crippen molar-refractivity contribution in [3.63, 3.8) is 0 Å². The Morgan fingerprint density at radius 1 is 1.16 bits per heavy atom. The number of hydrogen-bond donors (Lipinski definition) is 1. The number of nitrogens with zero attached hydrogens (tertiary/aromatic N) is 1. The molecule has 1 unspecified atom stereocenters. The van der Waals surface area contributed by atoms with Crippen molar-refractivity contribution in [2.75, 3.05) is 13.7 Å². The summed E-state index contributed by atoms with van der Waals surface area (Å²) in [6.07, 6.45) is 3.32. The fraction of sp³-hybridized carbons (Fsp3) is 0.360. The highest BCUT2D eigenvalue weighted by molar-refractivity contribution is 8.18. The van der Waals surface area contributed by atoms with Crippen LogP contribution in [0.1, 0.15) is 41.2 Å². The second-order valence-electron chi connectivity index (χ2n) is 8.68. The van der Waals surface area contributed by atoms with Gasteiger partial charge in [0.15, 0.2) is 0 Å². The maximum absolute atomic E-state index is 12.0. The van der Waals surface area contributed by atoms with Crippen LogP contribution in [0.2, 0.25) is 0 Å². The van der Waals surface area contributed by atoms with Gasteiger partial charge in [-0.3, -0.25) is 14.5 Å². The highest BCUT2D eigenvalue weighted by Gasteiger charge is 2.35. The molecule has 1 N–H and O–H groups in total. The van der Waals surface area contributed by atoms with Gasteiger partial charge < -0.3 is 14.6 Å². The van der Waals surface area contributed by atoms with Gasteiger partial charge in [0.05, 0.1) is 4.91 Å². The second kappa shape index (κ2) is 8.20. The monoisotopic (exact) mass is 453 g/mol. The molecule has 168 valence electrons. The molecule has 1 saturated heterocycles. The zero-order chi connectivity index (χ0) is 23.2. The first-order chi connectivity index (χ1) is 15.1. The number of phenols is 1. The van der Waals surface area contributed by atoms with E-state index in [1.54, 1.807) is 6.08 Å². The van der Waals surface area contributed by atoms with Crippen LogP contribution in [0.4, 0.5) is 4.79 Å². The normalized spacial score (nSPS) is 21.7. The summed E-state index contributed by atoms with van der Waals surface area (Å²) in [5.74, 6) is 1.64. The molecule has 2 heterocycles. The molecule has 1 fully saturated rings. The summed E-state index contributed by atoms with van der Waals surface area (Å²) in [5.41, 5.74) is 4.13. The number of likely N-dealkylation sites (N-methyl/N-ethyl adjacent to an activating group) is 1. The zero-order valence-electron chi connectivity index (χ0n) is 18.9. The van der Waals surface area contributed by atoms with Crippen LogP contribution in [0.5, 0.6) is 17.2 Å². The van der Waals surface area contributed by atoms with E-state index in [1.165, 1.54) is 7.05 Å². The molecule has 0 saturated carbocycles. The number of imide groups is 1. The Labute approximate surface area is 192 Å². The molecule has 2 aromatic rings. The minimum Gasteiger partial charge on any atom is -0.507 e. The SMILES string of the molecule is Cc1c(C)c2c(c(C)c1O)CCC(C)(COc1ccc(/C=C3\SC(=O)N(C)C3=O)cc1)O2. The van der Waals surface area contributed by atoms with E-state index in [-0.39, 0.29) is 11.1 Å². The van der Waals surface area contributed by atoms with Gasteiger partial charge in [-0.05, 0) is 92.8 Å². The van der Waals surface area contributed by atoms with Gasteiger partial charge in [0.1, 0.15) is 29.5 Å². The molecule has 1 atom stereocenters. The van der Waals surface area contributed by atoms with E-state index in [2.05, 4.69) is 0 Å². The topological polar surface area (TPSA) is 76.1 Å². The van der Waals surface area contributed by atoms with Crippen LogP contribution >= 0.6 is 11.8 Å². The molecular formula is C25H27NO5S. The van der Waals surface area contributed by atoms with Gasteiger partial charge in [0.25, 0.3) is 11.1 Å². The van der Waals surface area contributed by atoms with Crippen LogP contribution in [0.25, 0.3) is 6.08 Å². The Hall–Kier alpha value is -2.93. The van der Waals surface area contributed by atoms with Gasteiger partial charge >= 0.3 is 0 Å². The second-order valence-corrected chi connectivity index (χ2v) is 9.67. The number of aromatic hydroxyl groups is 1. The fourth-order valence-electron chi connectivity index (χ4n) is 3.99. The number of rotatable bonds is 4. The predicted octanol–water partition coefficient (Wildman–Crippen LogP) is 5.15. The van der Waals surface area contributed by atoms with Gasteiger partial charge in [-0.15, -0.1) is 0 Å². The number of thioether (sulfide) groups is 1. The summed E-state index contributed by atoms with van der Waals surface area (Å²) in [6, 6.07) is 7.41. The lowest BCUT2D eigenvalue weighted by atomic mass is 9.87. The summed E-state index contributed by atoms with van der Waals surface area (Å²) in [4.78, 5) is 25.2. The molecule has 2 aliphatic heterocycles. The van der Waals surface area contributed by atoms with Crippen LogP contribution in [-0.2, 0) is 11.2 Å². The number of amides is 2. The predicted molar refractivity (Wildman–Crippen MR) is 125 cm³/mol. The van der Waals surface area contributed by atoms with E-state index >= 15 is 0 Å². The smallest absolute Gasteiger partial charge is 0.293 e. The van der Waals surface area contributed by atoms with Crippen molar-refractivity contribution in [1.29, 1.82) is 0 Å². The van der Waals surface area contributed by atoms with E-state index in [9.17, 15) is 14.7 Å². The molecule has 2 aliphatic rings. The molecule has 0 bridgehead atoms. The van der Waals surface area contributed by atoms with Crippen molar-refractivity contribution in [2.24, 2.45) is 0 Å². The van der Waals surface area contributed by atoms with E-state index in [1.807, 2.05) is 52.0 Å². The average Bonchev–Trinajstić information content (AvgIpc) is 3.02. The van der Waals surface area contributed by atoms with Crippen molar-refractivity contribution in [2.45, 2.75) is 46.1 Å². The minimum atomic E-state index is -0.480. The van der Waals surface area contributed by atoms with Gasteiger partial charge in [-0.25, -0.2) is 0 Å². The first-order valence-corrected chi connectivity index (χ1v) is 11.4. The molecule has 2 aromatic carbocycles. The number of hydrogen-bond acceptors (Lipinski definition) is 6. The van der Waals surface area contributed by atoms with Crippen molar-refractivity contribution in [3.05, 3.63) is 57.0 Å².